The number of rotatable bonds is 1. The minimum absolute atomic E-state index is 0.0151. The van der Waals surface area contributed by atoms with Crippen LogP contribution in [0.3, 0.4) is 0 Å². The summed E-state index contributed by atoms with van der Waals surface area (Å²) in [5, 5.41) is 0. The molecular formula is C15H20ClNO. The van der Waals surface area contributed by atoms with Crippen LogP contribution in [0.25, 0.3) is 0 Å². The van der Waals surface area contributed by atoms with Crippen LogP contribution in [0.4, 0.5) is 5.69 Å². The Bertz CT molecular complexity index is 481. The van der Waals surface area contributed by atoms with E-state index in [1.165, 1.54) is 11.1 Å². The van der Waals surface area contributed by atoms with Gasteiger partial charge in [0.2, 0.25) is 5.91 Å². The summed E-state index contributed by atoms with van der Waals surface area (Å²) in [6.45, 7) is 8.52. The Morgan fingerprint density at radius 2 is 2.17 bits per heavy atom. The molecule has 1 aliphatic heterocycles. The molecule has 98 valence electrons. The third-order valence-corrected chi connectivity index (χ3v) is 3.96. The number of carbonyl (C=O) groups excluding carboxylic acids is 1. The van der Waals surface area contributed by atoms with Crippen LogP contribution in [0.2, 0.25) is 0 Å². The SMILES string of the molecule is Cc1ccc2c(c1)C(C)CC(C)(C)N2C(=O)CCl. The van der Waals surface area contributed by atoms with Gasteiger partial charge < -0.3 is 4.90 Å². The molecule has 3 heteroatoms. The van der Waals surface area contributed by atoms with E-state index in [4.69, 9.17) is 11.6 Å². The lowest BCUT2D eigenvalue weighted by Gasteiger charge is -2.46. The average Bonchev–Trinajstić information content (AvgIpc) is 2.28. The maximum atomic E-state index is 12.1. The Labute approximate surface area is 114 Å². The minimum atomic E-state index is -0.173. The molecule has 1 aliphatic rings. The topological polar surface area (TPSA) is 20.3 Å². The predicted octanol–water partition coefficient (Wildman–Crippen LogP) is 3.85. The first-order chi connectivity index (χ1) is 8.36. The third kappa shape index (κ3) is 2.14. The van der Waals surface area contributed by atoms with Gasteiger partial charge in [0, 0.05) is 11.2 Å². The van der Waals surface area contributed by atoms with Crippen molar-refractivity contribution in [3.63, 3.8) is 0 Å². The maximum Gasteiger partial charge on any atom is 0.242 e. The van der Waals surface area contributed by atoms with Crippen molar-refractivity contribution in [3.8, 4) is 0 Å². The number of hydrogen-bond acceptors (Lipinski definition) is 1. The molecule has 2 rings (SSSR count). The van der Waals surface area contributed by atoms with Crippen LogP contribution in [0.15, 0.2) is 18.2 Å². The summed E-state index contributed by atoms with van der Waals surface area (Å²) in [4.78, 5) is 14.0. The Hall–Kier alpha value is -1.02. The summed E-state index contributed by atoms with van der Waals surface area (Å²) in [6.07, 6.45) is 0.964. The number of amides is 1. The molecular weight excluding hydrogens is 246 g/mol. The fourth-order valence-corrected chi connectivity index (χ4v) is 3.20. The highest BCUT2D eigenvalue weighted by molar-refractivity contribution is 6.29. The lowest BCUT2D eigenvalue weighted by atomic mass is 9.79. The molecule has 0 aromatic heterocycles. The van der Waals surface area contributed by atoms with Gasteiger partial charge in [-0.3, -0.25) is 4.79 Å². The highest BCUT2D eigenvalue weighted by Gasteiger charge is 2.39. The summed E-state index contributed by atoms with van der Waals surface area (Å²) >= 11 is 5.76. The van der Waals surface area contributed by atoms with Crippen LogP contribution in [0, 0.1) is 6.92 Å². The number of hydrogen-bond donors (Lipinski definition) is 0. The molecule has 0 spiro atoms. The van der Waals surface area contributed by atoms with E-state index in [1.54, 1.807) is 0 Å². The quantitative estimate of drug-likeness (QED) is 0.706. The van der Waals surface area contributed by atoms with E-state index in [2.05, 4.69) is 39.8 Å². The number of nitrogens with zero attached hydrogens (tertiary/aromatic N) is 1. The standard InChI is InChI=1S/C15H20ClNO/c1-10-5-6-13-12(7-10)11(2)8-15(3,4)17(13)14(18)9-16/h5-7,11H,8-9H2,1-4H3. The van der Waals surface area contributed by atoms with Gasteiger partial charge in [-0.05, 0) is 44.7 Å². The second-order valence-corrected chi connectivity index (χ2v) is 6.11. The molecule has 0 aliphatic carbocycles. The van der Waals surface area contributed by atoms with Gasteiger partial charge in [-0.15, -0.1) is 11.6 Å². The van der Waals surface area contributed by atoms with Gasteiger partial charge >= 0.3 is 0 Å². The van der Waals surface area contributed by atoms with E-state index in [1.807, 2.05) is 11.0 Å². The molecule has 0 saturated heterocycles. The molecule has 0 N–H and O–H groups in total. The van der Waals surface area contributed by atoms with E-state index in [0.29, 0.717) is 5.92 Å². The van der Waals surface area contributed by atoms with E-state index < -0.39 is 0 Å². The molecule has 1 amide bonds. The van der Waals surface area contributed by atoms with E-state index in [0.717, 1.165) is 12.1 Å². The van der Waals surface area contributed by atoms with Gasteiger partial charge in [-0.25, -0.2) is 0 Å². The van der Waals surface area contributed by atoms with E-state index in [9.17, 15) is 4.79 Å². The normalized spacial score (nSPS) is 21.6. The van der Waals surface area contributed by atoms with Gasteiger partial charge in [0.05, 0.1) is 0 Å². The molecule has 0 bridgehead atoms. The second kappa shape index (κ2) is 4.58. The van der Waals surface area contributed by atoms with Crippen molar-refractivity contribution in [2.24, 2.45) is 0 Å². The van der Waals surface area contributed by atoms with Gasteiger partial charge in [-0.2, -0.15) is 0 Å². The number of carbonyl (C=O) groups is 1. The van der Waals surface area contributed by atoms with Gasteiger partial charge in [0.25, 0.3) is 0 Å². The van der Waals surface area contributed by atoms with Gasteiger partial charge in [-0.1, -0.05) is 24.6 Å². The highest BCUT2D eigenvalue weighted by atomic mass is 35.5. The zero-order chi connectivity index (χ0) is 13.5. The van der Waals surface area contributed by atoms with Crippen LogP contribution < -0.4 is 4.90 Å². The summed E-state index contributed by atoms with van der Waals surface area (Å²) in [5.74, 6) is 0.485. The first kappa shape index (κ1) is 13.4. The molecule has 1 heterocycles. The van der Waals surface area contributed by atoms with Crippen molar-refractivity contribution in [2.45, 2.75) is 45.6 Å². The minimum Gasteiger partial charge on any atom is -0.306 e. The molecule has 2 nitrogen and oxygen atoms in total. The Balaban J connectivity index is 2.58. The van der Waals surface area contributed by atoms with Crippen molar-refractivity contribution in [3.05, 3.63) is 29.3 Å². The van der Waals surface area contributed by atoms with Crippen molar-refractivity contribution < 1.29 is 4.79 Å². The van der Waals surface area contributed by atoms with Gasteiger partial charge in [0.15, 0.2) is 0 Å². The Morgan fingerprint density at radius 3 is 2.78 bits per heavy atom. The van der Waals surface area contributed by atoms with Crippen LogP contribution in [0.1, 0.15) is 44.2 Å². The molecule has 1 aromatic rings. The largest absolute Gasteiger partial charge is 0.306 e. The van der Waals surface area contributed by atoms with Gasteiger partial charge in [0.1, 0.15) is 5.88 Å². The third-order valence-electron chi connectivity index (χ3n) is 3.73. The van der Waals surface area contributed by atoms with Crippen LogP contribution in [-0.4, -0.2) is 17.3 Å². The van der Waals surface area contributed by atoms with Crippen molar-refractivity contribution in [1.29, 1.82) is 0 Å². The van der Waals surface area contributed by atoms with Crippen molar-refractivity contribution >= 4 is 23.2 Å². The summed E-state index contributed by atoms with van der Waals surface area (Å²) in [5.41, 5.74) is 3.34. The number of alkyl halides is 1. The molecule has 1 unspecified atom stereocenters. The van der Waals surface area contributed by atoms with Crippen molar-refractivity contribution in [1.82, 2.24) is 0 Å². The number of halogens is 1. The van der Waals surface area contributed by atoms with Crippen LogP contribution in [-0.2, 0) is 4.79 Å². The van der Waals surface area contributed by atoms with Crippen molar-refractivity contribution in [2.75, 3.05) is 10.8 Å². The number of fused-ring (bicyclic) bond motifs is 1. The molecule has 18 heavy (non-hydrogen) atoms. The second-order valence-electron chi connectivity index (χ2n) is 5.84. The fraction of sp³-hybridized carbons (Fsp3) is 0.533. The van der Waals surface area contributed by atoms with Crippen LogP contribution >= 0.6 is 11.6 Å². The zero-order valence-corrected chi connectivity index (χ0v) is 12.2. The first-order valence-corrected chi connectivity index (χ1v) is 6.90. The zero-order valence-electron chi connectivity index (χ0n) is 11.5. The Kier molecular flexibility index (Phi) is 3.41. The summed E-state index contributed by atoms with van der Waals surface area (Å²) in [7, 11) is 0. The number of aryl methyl sites for hydroxylation is 1. The van der Waals surface area contributed by atoms with Crippen LogP contribution in [0.5, 0.6) is 0 Å². The van der Waals surface area contributed by atoms with E-state index in [-0.39, 0.29) is 17.3 Å². The molecule has 1 aromatic carbocycles. The smallest absolute Gasteiger partial charge is 0.242 e. The lowest BCUT2D eigenvalue weighted by molar-refractivity contribution is -0.117. The fourth-order valence-electron chi connectivity index (χ4n) is 3.08. The lowest BCUT2D eigenvalue weighted by Crippen LogP contribution is -2.52. The first-order valence-electron chi connectivity index (χ1n) is 6.36. The highest BCUT2D eigenvalue weighted by Crippen LogP contribution is 2.43. The molecule has 0 radical (unpaired) electrons. The summed E-state index contributed by atoms with van der Waals surface area (Å²) in [6, 6.07) is 6.29. The maximum absolute atomic E-state index is 12.1. The molecule has 1 atom stereocenters. The molecule has 0 saturated carbocycles. The number of benzene rings is 1. The summed E-state index contributed by atoms with van der Waals surface area (Å²) < 4.78 is 0. The predicted molar refractivity (Wildman–Crippen MR) is 76.5 cm³/mol. The Morgan fingerprint density at radius 1 is 1.50 bits per heavy atom. The van der Waals surface area contributed by atoms with E-state index >= 15 is 0 Å². The number of anilines is 1. The monoisotopic (exact) mass is 265 g/mol. The molecule has 0 fully saturated rings. The average molecular weight is 266 g/mol.